The molecule has 4 N–H and O–H groups in total. The summed E-state index contributed by atoms with van der Waals surface area (Å²) in [4.78, 5) is 0. The molecule has 0 fully saturated rings. The van der Waals surface area contributed by atoms with E-state index in [9.17, 15) is 20.4 Å². The summed E-state index contributed by atoms with van der Waals surface area (Å²) >= 11 is 0. The number of benzene rings is 2. The first-order valence-corrected chi connectivity index (χ1v) is 11.0. The first-order valence-electron chi connectivity index (χ1n) is 11.0. The van der Waals surface area contributed by atoms with Crippen LogP contribution in [-0.2, 0) is 22.9 Å². The second-order valence-corrected chi connectivity index (χ2v) is 11.0. The van der Waals surface area contributed by atoms with Gasteiger partial charge < -0.3 is 20.4 Å². The molecule has 4 nitrogen and oxygen atoms in total. The summed E-state index contributed by atoms with van der Waals surface area (Å²) in [5, 5.41) is 43.8. The molecule has 1 unspecified atom stereocenters. The van der Waals surface area contributed by atoms with Crippen molar-refractivity contribution in [2.24, 2.45) is 5.41 Å². The van der Waals surface area contributed by atoms with Gasteiger partial charge in [0.1, 0.15) is 5.60 Å². The van der Waals surface area contributed by atoms with Crippen LogP contribution in [0.25, 0.3) is 0 Å². The summed E-state index contributed by atoms with van der Waals surface area (Å²) in [6.45, 7) is 13.0. The molecule has 0 saturated carbocycles. The smallest absolute Gasteiger partial charge is 0.106 e. The Morgan fingerprint density at radius 1 is 0.710 bits per heavy atom. The largest absolute Gasteiger partial charge is 0.395 e. The number of aryl methyl sites for hydroxylation is 1. The third kappa shape index (κ3) is 4.88. The Hall–Kier alpha value is -1.72. The summed E-state index contributed by atoms with van der Waals surface area (Å²) in [6, 6.07) is 13.7. The molecule has 0 aliphatic rings. The van der Waals surface area contributed by atoms with Gasteiger partial charge in [-0.1, -0.05) is 89.6 Å². The lowest BCUT2D eigenvalue weighted by Crippen LogP contribution is -2.56. The van der Waals surface area contributed by atoms with Gasteiger partial charge in [0, 0.05) is 6.42 Å². The maximum absolute atomic E-state index is 12.5. The molecule has 0 heterocycles. The molecule has 31 heavy (non-hydrogen) atoms. The van der Waals surface area contributed by atoms with Crippen LogP contribution in [-0.4, -0.2) is 40.2 Å². The van der Waals surface area contributed by atoms with Gasteiger partial charge in [-0.2, -0.15) is 0 Å². The van der Waals surface area contributed by atoms with Crippen molar-refractivity contribution in [1.82, 2.24) is 0 Å². The molecular formula is C27H40O4. The van der Waals surface area contributed by atoms with Crippen molar-refractivity contribution in [2.75, 3.05) is 19.8 Å². The van der Waals surface area contributed by atoms with E-state index in [1.165, 1.54) is 0 Å². The quantitative estimate of drug-likeness (QED) is 0.538. The number of hydrogen-bond donors (Lipinski definition) is 4. The van der Waals surface area contributed by atoms with Crippen LogP contribution in [0.4, 0.5) is 0 Å². The molecule has 0 amide bonds. The van der Waals surface area contributed by atoms with Gasteiger partial charge in [-0.15, -0.1) is 0 Å². The lowest BCUT2D eigenvalue weighted by atomic mass is 9.60. The highest BCUT2D eigenvalue weighted by molar-refractivity contribution is 5.50. The molecule has 2 aromatic carbocycles. The lowest BCUT2D eigenvalue weighted by molar-refractivity contribution is -0.160. The minimum absolute atomic E-state index is 0.157. The fourth-order valence-electron chi connectivity index (χ4n) is 4.39. The number of rotatable bonds is 7. The normalized spacial score (nSPS) is 15.1. The van der Waals surface area contributed by atoms with Gasteiger partial charge in [-0.25, -0.2) is 0 Å². The summed E-state index contributed by atoms with van der Waals surface area (Å²) in [5.41, 5.74) is 0.707. The van der Waals surface area contributed by atoms with Gasteiger partial charge in [-0.05, 0) is 40.0 Å². The van der Waals surface area contributed by atoms with Crippen LogP contribution >= 0.6 is 0 Å². The van der Waals surface area contributed by atoms with Crippen LogP contribution in [0.2, 0.25) is 0 Å². The van der Waals surface area contributed by atoms with Crippen molar-refractivity contribution in [3.8, 4) is 0 Å². The molecule has 0 radical (unpaired) electrons. The summed E-state index contributed by atoms with van der Waals surface area (Å²) in [5.74, 6) is 0. The van der Waals surface area contributed by atoms with Crippen molar-refractivity contribution in [1.29, 1.82) is 0 Å². The van der Waals surface area contributed by atoms with Crippen LogP contribution in [0, 0.1) is 12.3 Å². The van der Waals surface area contributed by atoms with E-state index < -0.39 is 30.8 Å². The Kier molecular flexibility index (Phi) is 7.44. The van der Waals surface area contributed by atoms with E-state index in [0.717, 1.165) is 22.3 Å². The van der Waals surface area contributed by atoms with Crippen LogP contribution < -0.4 is 0 Å². The fourth-order valence-corrected chi connectivity index (χ4v) is 4.39. The van der Waals surface area contributed by atoms with Gasteiger partial charge >= 0.3 is 0 Å². The minimum Gasteiger partial charge on any atom is -0.395 e. The molecule has 0 saturated heterocycles. The second-order valence-electron chi connectivity index (χ2n) is 11.0. The number of aliphatic hydroxyl groups excluding tert-OH is 3. The zero-order chi connectivity index (χ0) is 23.7. The van der Waals surface area contributed by atoms with Crippen molar-refractivity contribution in [3.05, 3.63) is 70.3 Å². The Morgan fingerprint density at radius 3 is 1.48 bits per heavy atom. The highest BCUT2D eigenvalue weighted by Crippen LogP contribution is 2.49. The van der Waals surface area contributed by atoms with Gasteiger partial charge in [0.25, 0.3) is 0 Å². The maximum atomic E-state index is 12.5. The summed E-state index contributed by atoms with van der Waals surface area (Å²) in [7, 11) is 0. The van der Waals surface area contributed by atoms with Crippen LogP contribution in [0.1, 0.15) is 69.4 Å². The second kappa shape index (κ2) is 9.03. The highest BCUT2D eigenvalue weighted by atomic mass is 16.3. The molecule has 4 heteroatoms. The molecule has 1 atom stereocenters. The van der Waals surface area contributed by atoms with E-state index in [1.807, 2.05) is 37.3 Å². The molecule has 172 valence electrons. The molecule has 0 aliphatic heterocycles. The molecule has 2 aromatic rings. The average molecular weight is 429 g/mol. The molecule has 0 aliphatic carbocycles. The molecule has 0 bridgehead atoms. The Bertz CT molecular complexity index is 827. The Balaban J connectivity index is 3.04. The monoisotopic (exact) mass is 428 g/mol. The fraction of sp³-hybridized carbons (Fsp3) is 0.556. The first-order chi connectivity index (χ1) is 14.3. The van der Waals surface area contributed by atoms with Gasteiger partial charge in [0.2, 0.25) is 0 Å². The van der Waals surface area contributed by atoms with Gasteiger partial charge in [0.15, 0.2) is 0 Å². The molecule has 0 spiro atoms. The predicted molar refractivity (Wildman–Crippen MR) is 126 cm³/mol. The van der Waals surface area contributed by atoms with Crippen molar-refractivity contribution < 1.29 is 20.4 Å². The molecule has 2 rings (SSSR count). The standard InChI is InChI=1S/C27H40O4/c1-19-13-21(24(2,3)4)23(22(14-19)25(5,6)7)27(31,26(16-28,17-29)18-30)15-20-11-9-8-10-12-20/h8-14,28-31H,15-18H2,1-7H3. The summed E-state index contributed by atoms with van der Waals surface area (Å²) < 4.78 is 0. The zero-order valence-electron chi connectivity index (χ0n) is 20.2. The minimum atomic E-state index is -1.70. The average Bonchev–Trinajstić information content (AvgIpc) is 2.68. The lowest BCUT2D eigenvalue weighted by Gasteiger charge is -2.49. The van der Waals surface area contributed by atoms with Crippen LogP contribution in [0.15, 0.2) is 42.5 Å². The van der Waals surface area contributed by atoms with Crippen LogP contribution in [0.5, 0.6) is 0 Å². The van der Waals surface area contributed by atoms with E-state index in [-0.39, 0.29) is 17.3 Å². The Labute approximate surface area is 187 Å². The van der Waals surface area contributed by atoms with E-state index in [2.05, 4.69) is 53.7 Å². The highest BCUT2D eigenvalue weighted by Gasteiger charge is 2.54. The number of hydrogen-bond acceptors (Lipinski definition) is 4. The van der Waals surface area contributed by atoms with E-state index >= 15 is 0 Å². The van der Waals surface area contributed by atoms with E-state index in [0.29, 0.717) is 5.56 Å². The van der Waals surface area contributed by atoms with Crippen molar-refractivity contribution >= 4 is 0 Å². The summed E-state index contributed by atoms with van der Waals surface area (Å²) in [6.07, 6.45) is 0.157. The third-order valence-corrected chi connectivity index (χ3v) is 6.40. The van der Waals surface area contributed by atoms with Gasteiger partial charge in [-0.3, -0.25) is 0 Å². The first kappa shape index (κ1) is 25.5. The number of aliphatic hydroxyl groups is 4. The SMILES string of the molecule is Cc1cc(C(C)(C)C)c(C(O)(Cc2ccccc2)C(CO)(CO)CO)c(C(C)(C)C)c1. The van der Waals surface area contributed by atoms with Crippen molar-refractivity contribution in [2.45, 2.75) is 71.3 Å². The Morgan fingerprint density at radius 2 is 1.13 bits per heavy atom. The molecule has 0 aromatic heterocycles. The van der Waals surface area contributed by atoms with E-state index in [4.69, 9.17) is 0 Å². The maximum Gasteiger partial charge on any atom is 0.106 e. The van der Waals surface area contributed by atoms with Gasteiger partial charge in [0.05, 0.1) is 25.2 Å². The third-order valence-electron chi connectivity index (χ3n) is 6.40. The topological polar surface area (TPSA) is 80.9 Å². The van der Waals surface area contributed by atoms with Crippen molar-refractivity contribution in [3.63, 3.8) is 0 Å². The predicted octanol–water partition coefficient (Wildman–Crippen LogP) is 3.98. The zero-order valence-corrected chi connectivity index (χ0v) is 20.2. The van der Waals surface area contributed by atoms with E-state index in [1.54, 1.807) is 0 Å². The van der Waals surface area contributed by atoms with Crippen LogP contribution in [0.3, 0.4) is 0 Å². The molecular weight excluding hydrogens is 388 g/mol.